The number of amides is 1. The Morgan fingerprint density at radius 1 is 1.26 bits per heavy atom. The van der Waals surface area contributed by atoms with Crippen LogP contribution in [0, 0.1) is 23.2 Å². The Labute approximate surface area is 206 Å². The number of nitrogens with one attached hydrogen (secondary N) is 1. The van der Waals surface area contributed by atoms with Crippen LogP contribution < -0.4 is 5.32 Å². The molecule has 34 heavy (non-hydrogen) atoms. The van der Waals surface area contributed by atoms with Gasteiger partial charge in [0.1, 0.15) is 6.10 Å². The fraction of sp³-hybridized carbons (Fsp3) is 0.692. The maximum Gasteiger partial charge on any atom is 0.259 e. The molecule has 2 aliphatic rings. The van der Waals surface area contributed by atoms with Gasteiger partial charge in [-0.2, -0.15) is 5.26 Å². The van der Waals surface area contributed by atoms with Gasteiger partial charge < -0.3 is 19.1 Å². The van der Waals surface area contributed by atoms with Crippen LogP contribution in [0.1, 0.15) is 70.2 Å². The van der Waals surface area contributed by atoms with Gasteiger partial charge in [-0.05, 0) is 43.7 Å². The summed E-state index contributed by atoms with van der Waals surface area (Å²) in [4.78, 5) is 12.6. The van der Waals surface area contributed by atoms with E-state index in [1.807, 2.05) is 30.3 Å². The van der Waals surface area contributed by atoms with Crippen molar-refractivity contribution in [2.45, 2.75) is 77.6 Å². The summed E-state index contributed by atoms with van der Waals surface area (Å²) in [5, 5.41) is 12.1. The van der Waals surface area contributed by atoms with Crippen molar-refractivity contribution in [1.29, 1.82) is 5.26 Å². The molecule has 1 aromatic carbocycles. The van der Waals surface area contributed by atoms with E-state index in [2.05, 4.69) is 43.8 Å². The van der Waals surface area contributed by atoms with E-state index in [1.165, 1.54) is 0 Å². The molecular weight excluding hydrogens is 449 g/mol. The molecule has 7 nitrogen and oxygen atoms in total. The highest BCUT2D eigenvalue weighted by atomic mass is 31.2. The molecule has 2 fully saturated rings. The second-order valence-corrected chi connectivity index (χ2v) is 10.9. The Hall–Kier alpha value is -1.55. The molecule has 1 aromatic rings. The van der Waals surface area contributed by atoms with E-state index in [4.69, 9.17) is 19.0 Å². The summed E-state index contributed by atoms with van der Waals surface area (Å²) >= 11 is 0. The molecule has 188 valence electrons. The summed E-state index contributed by atoms with van der Waals surface area (Å²) in [6.07, 6.45) is 3.99. The molecule has 3 rings (SSSR count). The highest BCUT2D eigenvalue weighted by molar-refractivity contribution is 7.44. The number of nitrogens with zero attached hydrogens (tertiary/aromatic N) is 2. The van der Waals surface area contributed by atoms with Crippen LogP contribution in [-0.2, 0) is 13.8 Å². The van der Waals surface area contributed by atoms with Gasteiger partial charge in [-0.15, -0.1) is 0 Å². The molecule has 0 spiro atoms. The zero-order valence-electron chi connectivity index (χ0n) is 21.0. The molecule has 2 bridgehead atoms. The predicted octanol–water partition coefficient (Wildman–Crippen LogP) is 5.28. The van der Waals surface area contributed by atoms with Gasteiger partial charge >= 0.3 is 0 Å². The van der Waals surface area contributed by atoms with Crippen LogP contribution in [0.3, 0.4) is 0 Å². The maximum absolute atomic E-state index is 12.6. The number of carbonyl (C=O) groups excluding carboxylic acids is 1. The lowest BCUT2D eigenvalue weighted by Gasteiger charge is -2.35. The summed E-state index contributed by atoms with van der Waals surface area (Å²) < 4.78 is 21.9. The number of nitriles is 1. The van der Waals surface area contributed by atoms with E-state index in [0.29, 0.717) is 31.1 Å². The minimum absolute atomic E-state index is 0.0817. The predicted molar refractivity (Wildman–Crippen MR) is 134 cm³/mol. The number of hydrogen-bond acceptors (Lipinski definition) is 6. The van der Waals surface area contributed by atoms with Crippen LogP contribution in [0.4, 0.5) is 0 Å². The van der Waals surface area contributed by atoms with Gasteiger partial charge in [0, 0.05) is 31.1 Å². The molecule has 1 aliphatic heterocycles. The van der Waals surface area contributed by atoms with Gasteiger partial charge in [0.15, 0.2) is 0 Å². The number of hydrogen-bond donors (Lipinski definition) is 1. The molecule has 1 unspecified atom stereocenters. The number of rotatable bonds is 14. The summed E-state index contributed by atoms with van der Waals surface area (Å²) in [5.41, 5.74) is 0.288. The molecule has 0 radical (unpaired) electrons. The lowest BCUT2D eigenvalue weighted by atomic mass is 9.91. The Bertz CT molecular complexity index is 814. The zero-order valence-corrected chi connectivity index (χ0v) is 21.9. The topological polar surface area (TPSA) is 83.8 Å². The molecule has 1 N–H and O–H groups in total. The van der Waals surface area contributed by atoms with Gasteiger partial charge in [0.2, 0.25) is 0 Å². The van der Waals surface area contributed by atoms with Crippen LogP contribution >= 0.6 is 8.53 Å². The van der Waals surface area contributed by atoms with Crippen molar-refractivity contribution < 1.29 is 18.6 Å². The average molecular weight is 490 g/mol. The summed E-state index contributed by atoms with van der Waals surface area (Å²) in [6.45, 7) is 11.4. The van der Waals surface area contributed by atoms with Gasteiger partial charge in [-0.1, -0.05) is 45.9 Å². The van der Waals surface area contributed by atoms with Crippen LogP contribution in [-0.4, -0.2) is 54.6 Å². The zero-order chi connectivity index (χ0) is 24.6. The molecular formula is C26H40N3O4P. The molecule has 0 aromatic heterocycles. The number of carbonyl (C=O) groups is 1. The molecule has 8 heteroatoms. The first-order valence-corrected chi connectivity index (χ1v) is 13.8. The fourth-order valence-electron chi connectivity index (χ4n) is 5.40. The van der Waals surface area contributed by atoms with Crippen LogP contribution in [0.15, 0.2) is 30.3 Å². The van der Waals surface area contributed by atoms with E-state index in [-0.39, 0.29) is 29.6 Å². The molecule has 1 saturated carbocycles. The van der Waals surface area contributed by atoms with Gasteiger partial charge in [-0.3, -0.25) is 4.79 Å². The second kappa shape index (κ2) is 13.0. The summed E-state index contributed by atoms with van der Waals surface area (Å²) in [5.74, 6) is 0.534. The monoisotopic (exact) mass is 489 g/mol. The minimum atomic E-state index is -1.29. The third kappa shape index (κ3) is 6.17. The van der Waals surface area contributed by atoms with E-state index in [1.54, 1.807) is 0 Å². The summed E-state index contributed by atoms with van der Waals surface area (Å²) in [7, 11) is -1.29. The van der Waals surface area contributed by atoms with E-state index < -0.39 is 8.53 Å². The quantitative estimate of drug-likeness (QED) is 0.283. The SMILES string of the molecule is CCCN(CCC)P(OCCC#N)O[C@H]1[C@@H]2[C@H](CNC(=O)c3ccccc3)O[C@@]1(CC)C[C@@H]2C. The van der Waals surface area contributed by atoms with E-state index in [0.717, 1.165) is 38.8 Å². The second-order valence-electron chi connectivity index (χ2n) is 9.37. The normalized spacial score (nSPS) is 28.7. The molecule has 1 saturated heterocycles. The van der Waals surface area contributed by atoms with Gasteiger partial charge in [0.05, 0.1) is 30.8 Å². The first-order valence-electron chi connectivity index (χ1n) is 12.7. The van der Waals surface area contributed by atoms with E-state index in [9.17, 15) is 4.79 Å². The smallest absolute Gasteiger partial charge is 0.259 e. The number of ether oxygens (including phenoxy) is 1. The first kappa shape index (κ1) is 27.0. The highest BCUT2D eigenvalue weighted by Crippen LogP contribution is 2.59. The van der Waals surface area contributed by atoms with Crippen molar-refractivity contribution in [3.05, 3.63) is 35.9 Å². The lowest BCUT2D eigenvalue weighted by Crippen LogP contribution is -2.41. The molecule has 6 atom stereocenters. The Morgan fingerprint density at radius 2 is 1.97 bits per heavy atom. The fourth-order valence-corrected chi connectivity index (χ4v) is 7.26. The standard InChI is InChI=1S/C26H40N3O4P/c1-5-15-29(16-6-2)34(31-17-11-14-27)33-24-23-20(4)18-26(24,7-3)32-22(23)19-28-25(30)21-12-9-8-10-13-21/h8-10,12-13,20,22-24H,5-7,11,15-19H2,1-4H3,(H,28,30)/t20-,22-,23-,24-,26-,34?/m0/s1. The average Bonchev–Trinajstić information content (AvgIpc) is 3.30. The van der Waals surface area contributed by atoms with Crippen molar-refractivity contribution in [2.75, 3.05) is 26.2 Å². The van der Waals surface area contributed by atoms with Crippen LogP contribution in [0.5, 0.6) is 0 Å². The Kier molecular flexibility index (Phi) is 10.3. The Balaban J connectivity index is 1.74. The highest BCUT2D eigenvalue weighted by Gasteiger charge is 2.63. The van der Waals surface area contributed by atoms with Gasteiger partial charge in [-0.25, -0.2) is 4.67 Å². The Morgan fingerprint density at radius 3 is 2.59 bits per heavy atom. The van der Waals surface area contributed by atoms with Crippen molar-refractivity contribution in [3.8, 4) is 6.07 Å². The number of fused-ring (bicyclic) bond motifs is 2. The van der Waals surface area contributed by atoms with Crippen LogP contribution in [0.2, 0.25) is 0 Å². The molecule has 1 aliphatic carbocycles. The van der Waals surface area contributed by atoms with Crippen molar-refractivity contribution in [3.63, 3.8) is 0 Å². The van der Waals surface area contributed by atoms with Crippen molar-refractivity contribution in [1.82, 2.24) is 9.99 Å². The van der Waals surface area contributed by atoms with Gasteiger partial charge in [0.25, 0.3) is 14.4 Å². The summed E-state index contributed by atoms with van der Waals surface area (Å²) in [6, 6.07) is 11.5. The third-order valence-corrected chi connectivity index (χ3v) is 8.59. The lowest BCUT2D eigenvalue weighted by molar-refractivity contribution is -0.0980. The first-order chi connectivity index (χ1) is 16.5. The third-order valence-electron chi connectivity index (χ3n) is 6.92. The molecule has 1 amide bonds. The minimum Gasteiger partial charge on any atom is -0.367 e. The van der Waals surface area contributed by atoms with Crippen LogP contribution in [0.25, 0.3) is 0 Å². The van der Waals surface area contributed by atoms with E-state index >= 15 is 0 Å². The van der Waals surface area contributed by atoms with Crippen molar-refractivity contribution >= 4 is 14.4 Å². The largest absolute Gasteiger partial charge is 0.367 e. The molecule has 1 heterocycles. The number of benzene rings is 1. The maximum atomic E-state index is 12.6. The van der Waals surface area contributed by atoms with Crippen molar-refractivity contribution in [2.24, 2.45) is 11.8 Å².